The molecule has 0 saturated carbocycles. The van der Waals surface area contributed by atoms with E-state index in [1.807, 2.05) is 0 Å². The summed E-state index contributed by atoms with van der Waals surface area (Å²) in [5, 5.41) is 4.45. The molecule has 0 aliphatic carbocycles. The number of unbranched alkanes of at least 4 members (excludes halogenated alkanes) is 1. The van der Waals surface area contributed by atoms with Crippen LogP contribution in [0.15, 0.2) is 71.8 Å². The summed E-state index contributed by atoms with van der Waals surface area (Å²) in [6.07, 6.45) is 3.50. The highest BCUT2D eigenvalue weighted by Crippen LogP contribution is 2.28. The Morgan fingerprint density at radius 1 is 0.944 bits per heavy atom. The molecule has 3 aromatic carbocycles. The van der Waals surface area contributed by atoms with Gasteiger partial charge in [0.2, 0.25) is 0 Å². The van der Waals surface area contributed by atoms with E-state index in [1.165, 1.54) is 13.3 Å². The molecule has 0 aliphatic heterocycles. The number of esters is 1. The molecule has 0 unspecified atom stereocenters. The minimum atomic E-state index is -0.544. The lowest BCUT2D eigenvalue weighted by Gasteiger charge is -2.10. The van der Waals surface area contributed by atoms with Crippen molar-refractivity contribution in [1.82, 2.24) is 5.43 Å². The number of amides is 1. The highest BCUT2D eigenvalue weighted by atomic mass is 35.5. The van der Waals surface area contributed by atoms with Crippen LogP contribution in [0.1, 0.15) is 35.7 Å². The molecule has 9 heteroatoms. The third-order valence-corrected chi connectivity index (χ3v) is 5.09. The maximum Gasteiger partial charge on any atom is 0.343 e. The second-order valence-corrected chi connectivity index (χ2v) is 8.00. The number of methoxy groups -OCH3 is 1. The molecule has 1 N–H and O–H groups in total. The number of halogens is 1. The Kier molecular flexibility index (Phi) is 10.1. The van der Waals surface area contributed by atoms with Crippen molar-refractivity contribution in [3.63, 3.8) is 0 Å². The summed E-state index contributed by atoms with van der Waals surface area (Å²) < 4.78 is 21.8. The molecule has 0 heterocycles. The molecule has 0 atom stereocenters. The predicted molar refractivity (Wildman–Crippen MR) is 137 cm³/mol. The summed E-state index contributed by atoms with van der Waals surface area (Å²) in [6, 6.07) is 18.3. The molecule has 0 aliphatic rings. The van der Waals surface area contributed by atoms with Crippen molar-refractivity contribution >= 4 is 29.7 Å². The fraction of sp³-hybridized carbons (Fsp3) is 0.222. The van der Waals surface area contributed by atoms with Crippen LogP contribution in [0.4, 0.5) is 0 Å². The van der Waals surface area contributed by atoms with E-state index in [4.69, 9.17) is 30.5 Å². The van der Waals surface area contributed by atoms with Crippen LogP contribution in [-0.4, -0.2) is 38.4 Å². The van der Waals surface area contributed by atoms with Gasteiger partial charge in [0.1, 0.15) is 11.5 Å². The first-order chi connectivity index (χ1) is 17.5. The minimum absolute atomic E-state index is 0.198. The van der Waals surface area contributed by atoms with Crippen molar-refractivity contribution in [3.05, 3.63) is 82.9 Å². The van der Waals surface area contributed by atoms with Crippen LogP contribution in [0.3, 0.4) is 0 Å². The van der Waals surface area contributed by atoms with Gasteiger partial charge < -0.3 is 18.9 Å². The third kappa shape index (κ3) is 8.32. The van der Waals surface area contributed by atoms with Crippen molar-refractivity contribution in [2.75, 3.05) is 20.3 Å². The lowest BCUT2D eigenvalue weighted by Crippen LogP contribution is -2.24. The molecular formula is C27H27ClN2O6. The van der Waals surface area contributed by atoms with Gasteiger partial charge in [-0.3, -0.25) is 4.79 Å². The first-order valence-electron chi connectivity index (χ1n) is 11.3. The third-order valence-electron chi connectivity index (χ3n) is 4.83. The molecule has 0 fully saturated rings. The van der Waals surface area contributed by atoms with E-state index in [1.54, 1.807) is 66.7 Å². The molecule has 0 bridgehead atoms. The molecule has 0 radical (unpaired) electrons. The summed E-state index contributed by atoms with van der Waals surface area (Å²) in [5.41, 5.74) is 3.38. The number of carbonyl (C=O) groups excluding carboxylic acids is 2. The van der Waals surface area contributed by atoms with Gasteiger partial charge in [-0.1, -0.05) is 24.9 Å². The van der Waals surface area contributed by atoms with Crippen molar-refractivity contribution in [1.29, 1.82) is 0 Å². The number of hydrazone groups is 1. The second-order valence-electron chi connectivity index (χ2n) is 7.56. The fourth-order valence-corrected chi connectivity index (χ4v) is 3.05. The van der Waals surface area contributed by atoms with Gasteiger partial charge in [0.05, 0.1) is 25.5 Å². The predicted octanol–water partition coefficient (Wildman–Crippen LogP) is 5.28. The number of nitrogens with one attached hydrogen (secondary N) is 1. The van der Waals surface area contributed by atoms with Gasteiger partial charge in [-0.05, 0) is 78.7 Å². The summed E-state index contributed by atoms with van der Waals surface area (Å²) in [7, 11) is 1.46. The van der Waals surface area contributed by atoms with Crippen LogP contribution in [0.25, 0.3) is 0 Å². The van der Waals surface area contributed by atoms with Gasteiger partial charge in [0.15, 0.2) is 18.1 Å². The molecule has 36 heavy (non-hydrogen) atoms. The zero-order valence-electron chi connectivity index (χ0n) is 20.0. The quantitative estimate of drug-likeness (QED) is 0.117. The molecular weight excluding hydrogens is 484 g/mol. The van der Waals surface area contributed by atoms with Crippen molar-refractivity contribution in [2.45, 2.75) is 19.8 Å². The van der Waals surface area contributed by atoms with Gasteiger partial charge >= 0.3 is 5.97 Å². The number of hydrogen-bond acceptors (Lipinski definition) is 7. The molecule has 188 valence electrons. The number of ether oxygens (including phenoxy) is 4. The van der Waals surface area contributed by atoms with E-state index in [9.17, 15) is 9.59 Å². The lowest BCUT2D eigenvalue weighted by molar-refractivity contribution is -0.123. The zero-order chi connectivity index (χ0) is 25.8. The second kappa shape index (κ2) is 13.7. The lowest BCUT2D eigenvalue weighted by atomic mass is 10.2. The summed E-state index contributed by atoms with van der Waals surface area (Å²) in [5.74, 6) is 0.913. The number of benzene rings is 3. The van der Waals surface area contributed by atoms with Crippen molar-refractivity contribution in [3.8, 4) is 23.0 Å². The van der Waals surface area contributed by atoms with Gasteiger partial charge in [-0.15, -0.1) is 0 Å². The Hall–Kier alpha value is -4.04. The average molecular weight is 511 g/mol. The van der Waals surface area contributed by atoms with Crippen LogP contribution in [0.2, 0.25) is 5.02 Å². The maximum absolute atomic E-state index is 12.3. The Balaban J connectivity index is 1.48. The van der Waals surface area contributed by atoms with E-state index < -0.39 is 11.9 Å². The van der Waals surface area contributed by atoms with Crippen LogP contribution < -0.4 is 24.4 Å². The first kappa shape index (κ1) is 26.6. The Morgan fingerprint density at radius 3 is 2.31 bits per heavy atom. The summed E-state index contributed by atoms with van der Waals surface area (Å²) in [6.45, 7) is 2.57. The minimum Gasteiger partial charge on any atom is -0.494 e. The molecule has 0 aromatic heterocycles. The van der Waals surface area contributed by atoms with Crippen LogP contribution in [0.5, 0.6) is 23.0 Å². The number of hydrogen-bond donors (Lipinski definition) is 1. The zero-order valence-corrected chi connectivity index (χ0v) is 20.8. The highest BCUT2D eigenvalue weighted by molar-refractivity contribution is 6.30. The van der Waals surface area contributed by atoms with Crippen LogP contribution in [-0.2, 0) is 4.79 Å². The topological polar surface area (TPSA) is 95.5 Å². The van der Waals surface area contributed by atoms with E-state index in [-0.39, 0.29) is 12.4 Å². The Bertz CT molecular complexity index is 1180. The summed E-state index contributed by atoms with van der Waals surface area (Å²) >= 11 is 5.85. The van der Waals surface area contributed by atoms with E-state index in [2.05, 4.69) is 17.5 Å². The molecule has 0 saturated heterocycles. The number of rotatable bonds is 12. The first-order valence-corrected chi connectivity index (χ1v) is 11.7. The van der Waals surface area contributed by atoms with Crippen LogP contribution in [0, 0.1) is 0 Å². The number of nitrogens with zero attached hydrogens (tertiary/aromatic N) is 1. The molecule has 1 amide bonds. The van der Waals surface area contributed by atoms with E-state index >= 15 is 0 Å². The molecule has 3 rings (SSSR count). The molecule has 3 aromatic rings. The fourth-order valence-electron chi connectivity index (χ4n) is 2.92. The monoisotopic (exact) mass is 510 g/mol. The highest BCUT2D eigenvalue weighted by Gasteiger charge is 2.13. The van der Waals surface area contributed by atoms with Crippen LogP contribution >= 0.6 is 11.6 Å². The van der Waals surface area contributed by atoms with E-state index in [0.29, 0.717) is 34.3 Å². The Labute approximate surface area is 214 Å². The largest absolute Gasteiger partial charge is 0.494 e. The van der Waals surface area contributed by atoms with E-state index in [0.717, 1.165) is 18.6 Å². The SMILES string of the molecule is CCCCOc1ccc(OCC(=O)N/N=C\c2ccc(OC(=O)c3ccc(Cl)cc3)c(OC)c2)cc1. The van der Waals surface area contributed by atoms with Crippen molar-refractivity contribution in [2.24, 2.45) is 5.10 Å². The Morgan fingerprint density at radius 2 is 1.64 bits per heavy atom. The smallest absolute Gasteiger partial charge is 0.343 e. The molecule has 0 spiro atoms. The summed E-state index contributed by atoms with van der Waals surface area (Å²) in [4.78, 5) is 24.4. The average Bonchev–Trinajstić information content (AvgIpc) is 2.89. The van der Waals surface area contributed by atoms with Crippen molar-refractivity contribution < 1.29 is 28.5 Å². The normalized spacial score (nSPS) is 10.6. The standard InChI is InChI=1S/C27H27ClN2O6/c1-3-4-15-34-22-10-12-23(13-11-22)35-18-26(31)30-29-17-19-5-14-24(25(16-19)33-2)36-27(32)20-6-8-21(28)9-7-20/h5-14,16-17H,3-4,15,18H2,1-2H3,(H,30,31)/b29-17-. The van der Waals surface area contributed by atoms with Gasteiger partial charge in [0.25, 0.3) is 5.91 Å². The molecule has 8 nitrogen and oxygen atoms in total. The van der Waals surface area contributed by atoms with Gasteiger partial charge in [-0.2, -0.15) is 5.10 Å². The maximum atomic E-state index is 12.3. The van der Waals surface area contributed by atoms with Gasteiger partial charge in [-0.25, -0.2) is 10.2 Å². The van der Waals surface area contributed by atoms with Gasteiger partial charge in [0, 0.05) is 5.02 Å². The number of carbonyl (C=O) groups is 2.